The van der Waals surface area contributed by atoms with Crippen molar-refractivity contribution in [2.75, 3.05) is 25.1 Å². The quantitative estimate of drug-likeness (QED) is 0.309. The maximum Gasteiger partial charge on any atom is 0.312 e. The first-order valence-electron chi connectivity index (χ1n) is 13.4. The smallest absolute Gasteiger partial charge is 0.312 e. The zero-order valence-electron chi connectivity index (χ0n) is 22.9. The molecule has 2 fully saturated rings. The lowest BCUT2D eigenvalue weighted by molar-refractivity contribution is -0.148. The van der Waals surface area contributed by atoms with Crippen LogP contribution in [0, 0.1) is 5.41 Å². The maximum absolute atomic E-state index is 13.8. The van der Waals surface area contributed by atoms with E-state index in [2.05, 4.69) is 4.90 Å². The van der Waals surface area contributed by atoms with Crippen LogP contribution in [0.1, 0.15) is 72.1 Å². The van der Waals surface area contributed by atoms with Crippen LogP contribution >= 0.6 is 11.8 Å². The van der Waals surface area contributed by atoms with Gasteiger partial charge in [0, 0.05) is 56.3 Å². The number of carboxylic acids is 1. The molecule has 2 unspecified atom stereocenters. The van der Waals surface area contributed by atoms with Crippen LogP contribution < -0.4 is 9.64 Å². The normalized spacial score (nSPS) is 24.8. The SMILES string of the molecule is CN1C(CCC(C)(F)F)CN(C2CCCC2)c2cc(SC3CC(F)(F)C3)c(OCC(C)(C)C(=O)O)cc2S1=O. The molecule has 4 rings (SSSR count). The Labute approximate surface area is 234 Å². The summed E-state index contributed by atoms with van der Waals surface area (Å²) in [6, 6.07) is 3.24. The Balaban J connectivity index is 1.74. The van der Waals surface area contributed by atoms with Gasteiger partial charge in [-0.25, -0.2) is 26.1 Å². The first-order chi connectivity index (χ1) is 18.1. The fourth-order valence-corrected chi connectivity index (χ4v) is 8.02. The van der Waals surface area contributed by atoms with Crippen molar-refractivity contribution in [3.63, 3.8) is 0 Å². The third-order valence-electron chi connectivity index (χ3n) is 7.90. The minimum Gasteiger partial charge on any atom is -0.491 e. The molecule has 0 bridgehead atoms. The number of aliphatic carboxylic acids is 1. The van der Waals surface area contributed by atoms with Crippen LogP contribution in [-0.2, 0) is 15.8 Å². The highest BCUT2D eigenvalue weighted by Crippen LogP contribution is 2.50. The Hall–Kier alpha value is -1.53. The number of halogens is 4. The summed E-state index contributed by atoms with van der Waals surface area (Å²) in [6.07, 6.45) is 3.24. The first kappa shape index (κ1) is 30.4. The molecular weight excluding hydrogens is 556 g/mol. The van der Waals surface area contributed by atoms with Crippen molar-refractivity contribution in [1.82, 2.24) is 4.31 Å². The molecule has 6 nitrogen and oxygen atoms in total. The second kappa shape index (κ2) is 11.4. The van der Waals surface area contributed by atoms with Crippen LogP contribution in [0.2, 0.25) is 0 Å². The maximum atomic E-state index is 13.8. The van der Waals surface area contributed by atoms with Gasteiger partial charge in [0.2, 0.25) is 11.8 Å². The van der Waals surface area contributed by atoms with Gasteiger partial charge in [-0.15, -0.1) is 11.8 Å². The van der Waals surface area contributed by atoms with Crippen molar-refractivity contribution in [3.8, 4) is 5.75 Å². The van der Waals surface area contributed by atoms with E-state index in [1.807, 2.05) is 6.07 Å². The van der Waals surface area contributed by atoms with Gasteiger partial charge in [-0.3, -0.25) is 4.79 Å². The molecule has 1 N–H and O–H groups in total. The number of thioether (sulfide) groups is 1. The number of hydrogen-bond acceptors (Lipinski definition) is 5. The van der Waals surface area contributed by atoms with Gasteiger partial charge in [0.05, 0.1) is 20.9 Å². The predicted molar refractivity (Wildman–Crippen MR) is 145 cm³/mol. The zero-order valence-corrected chi connectivity index (χ0v) is 24.5. The molecule has 1 aliphatic heterocycles. The molecule has 0 radical (unpaired) electrons. The van der Waals surface area contributed by atoms with Crippen LogP contribution in [0.15, 0.2) is 21.9 Å². The number of benzene rings is 1. The van der Waals surface area contributed by atoms with Crippen LogP contribution in [0.3, 0.4) is 0 Å². The molecule has 12 heteroatoms. The van der Waals surface area contributed by atoms with Gasteiger partial charge in [-0.1, -0.05) is 12.8 Å². The third-order valence-corrected chi connectivity index (χ3v) is 10.7. The molecule has 220 valence electrons. The number of carboxylic acid groups (broad SMARTS) is 1. The average Bonchev–Trinajstić information content (AvgIpc) is 3.32. The molecule has 1 heterocycles. The molecule has 0 spiro atoms. The van der Waals surface area contributed by atoms with Crippen LogP contribution in [0.4, 0.5) is 23.2 Å². The van der Waals surface area contributed by atoms with Crippen LogP contribution in [-0.4, -0.2) is 69.0 Å². The van der Waals surface area contributed by atoms with E-state index >= 15 is 0 Å². The number of likely N-dealkylation sites (N-methyl/N-ethyl adjacent to an activating group) is 1. The standard InChI is InChI=1S/C27H38F4N2O4S2/c1-25(2,24(34)35)16-37-21-12-23-20(11-22(21)38-19-13-27(30,31)14-19)33(17-7-5-6-8-17)15-18(32(4)39(23)36)9-10-26(3,28)29/h11-12,17-19H,5-10,13-16H2,1-4H3,(H,34,35). The molecule has 0 saturated heterocycles. The van der Waals surface area contributed by atoms with Gasteiger partial charge < -0.3 is 14.7 Å². The average molecular weight is 595 g/mol. The van der Waals surface area contributed by atoms with Crippen molar-refractivity contribution >= 4 is 34.4 Å². The lowest BCUT2D eigenvalue weighted by atomic mass is 9.94. The monoisotopic (exact) mass is 594 g/mol. The van der Waals surface area contributed by atoms with Gasteiger partial charge in [-0.2, -0.15) is 0 Å². The summed E-state index contributed by atoms with van der Waals surface area (Å²) in [5.74, 6) is -6.29. The van der Waals surface area contributed by atoms with E-state index in [1.54, 1.807) is 17.4 Å². The molecule has 39 heavy (non-hydrogen) atoms. The molecule has 1 aromatic carbocycles. The highest BCUT2D eigenvalue weighted by Gasteiger charge is 2.46. The van der Waals surface area contributed by atoms with Crippen molar-refractivity contribution in [2.45, 2.75) is 111 Å². The number of rotatable bonds is 10. The van der Waals surface area contributed by atoms with E-state index in [-0.39, 0.29) is 49.6 Å². The molecule has 2 aliphatic carbocycles. The Morgan fingerprint density at radius 2 is 1.85 bits per heavy atom. The van der Waals surface area contributed by atoms with E-state index in [0.29, 0.717) is 27.8 Å². The van der Waals surface area contributed by atoms with Crippen molar-refractivity contribution in [2.24, 2.45) is 5.41 Å². The molecule has 2 saturated carbocycles. The summed E-state index contributed by atoms with van der Waals surface area (Å²) in [5, 5.41) is 9.23. The minimum absolute atomic E-state index is 0.153. The third kappa shape index (κ3) is 7.22. The van der Waals surface area contributed by atoms with Gasteiger partial charge in [0.25, 0.3) is 0 Å². The van der Waals surface area contributed by atoms with E-state index in [1.165, 1.54) is 25.6 Å². The summed E-state index contributed by atoms with van der Waals surface area (Å²) in [6.45, 7) is 4.20. The number of carbonyl (C=O) groups is 1. The Morgan fingerprint density at radius 1 is 1.21 bits per heavy atom. The molecule has 0 amide bonds. The molecule has 1 aromatic rings. The van der Waals surface area contributed by atoms with E-state index in [9.17, 15) is 31.7 Å². The largest absolute Gasteiger partial charge is 0.491 e. The van der Waals surface area contributed by atoms with Gasteiger partial charge in [0.1, 0.15) is 23.3 Å². The Kier molecular flexibility index (Phi) is 8.89. The van der Waals surface area contributed by atoms with Gasteiger partial charge >= 0.3 is 5.97 Å². The predicted octanol–water partition coefficient (Wildman–Crippen LogP) is 6.59. The fourth-order valence-electron chi connectivity index (χ4n) is 5.27. The van der Waals surface area contributed by atoms with Crippen molar-refractivity contribution < 1.29 is 36.4 Å². The second-order valence-electron chi connectivity index (χ2n) is 11.9. The van der Waals surface area contributed by atoms with E-state index in [4.69, 9.17) is 4.74 Å². The summed E-state index contributed by atoms with van der Waals surface area (Å²) in [5.41, 5.74) is -0.503. The van der Waals surface area contributed by atoms with Crippen LogP contribution in [0.5, 0.6) is 5.75 Å². The molecule has 3 aliphatic rings. The number of fused-ring (bicyclic) bond motifs is 1. The topological polar surface area (TPSA) is 70.1 Å². The van der Waals surface area contributed by atoms with Crippen LogP contribution in [0.25, 0.3) is 0 Å². The van der Waals surface area contributed by atoms with Gasteiger partial charge in [0.15, 0.2) is 0 Å². The summed E-state index contributed by atoms with van der Waals surface area (Å²) < 4.78 is 76.4. The number of nitrogens with zero attached hydrogens (tertiary/aromatic N) is 2. The molecule has 2 atom stereocenters. The summed E-state index contributed by atoms with van der Waals surface area (Å²) in [7, 11) is -0.0299. The van der Waals surface area contributed by atoms with E-state index < -0.39 is 34.2 Å². The highest BCUT2D eigenvalue weighted by atomic mass is 32.2. The fraction of sp³-hybridized carbons (Fsp3) is 0.741. The summed E-state index contributed by atoms with van der Waals surface area (Å²) in [4.78, 5) is 14.9. The number of anilines is 1. The van der Waals surface area contributed by atoms with E-state index in [0.717, 1.165) is 32.6 Å². The number of hydrogen-bond donors (Lipinski definition) is 1. The first-order valence-corrected chi connectivity index (χ1v) is 15.4. The molecule has 0 aromatic heterocycles. The Morgan fingerprint density at radius 3 is 2.41 bits per heavy atom. The van der Waals surface area contributed by atoms with Gasteiger partial charge in [-0.05, 0) is 46.1 Å². The zero-order chi connectivity index (χ0) is 28.8. The number of ether oxygens (including phenoxy) is 1. The second-order valence-corrected chi connectivity index (χ2v) is 14.8. The lowest BCUT2D eigenvalue weighted by Crippen LogP contribution is -2.44. The minimum atomic E-state index is -2.84. The molecular formula is C27H38F4N2O4S2. The van der Waals surface area contributed by atoms with Crippen molar-refractivity contribution in [1.29, 1.82) is 0 Å². The Bertz CT molecular complexity index is 1080. The highest BCUT2D eigenvalue weighted by molar-refractivity contribution is 8.00. The summed E-state index contributed by atoms with van der Waals surface area (Å²) >= 11 is 1.27. The number of alkyl halides is 4. The van der Waals surface area contributed by atoms with Crippen molar-refractivity contribution in [3.05, 3.63) is 12.1 Å². The lowest BCUT2D eigenvalue weighted by Gasteiger charge is -2.36.